The molecule has 1 unspecified atom stereocenters. The molecule has 20 heavy (non-hydrogen) atoms. The smallest absolute Gasteiger partial charge is 0.265 e. The van der Waals surface area contributed by atoms with E-state index in [1.807, 2.05) is 6.92 Å². The van der Waals surface area contributed by atoms with E-state index in [0.29, 0.717) is 5.70 Å². The van der Waals surface area contributed by atoms with Crippen molar-refractivity contribution in [2.75, 3.05) is 7.05 Å². The minimum Gasteiger partial charge on any atom is -0.505 e. The highest BCUT2D eigenvalue weighted by Crippen LogP contribution is 2.29. The SMILES string of the molecule is CC=C1C(O)=C(C(=O)C(C)CCCCCC)C(=O)N1C. The molecule has 1 aliphatic rings. The largest absolute Gasteiger partial charge is 0.505 e. The van der Waals surface area contributed by atoms with Crippen molar-refractivity contribution >= 4 is 11.7 Å². The Morgan fingerprint density at radius 3 is 2.50 bits per heavy atom. The molecule has 1 aliphatic heterocycles. The van der Waals surface area contributed by atoms with Gasteiger partial charge in [-0.05, 0) is 13.3 Å². The molecule has 0 radical (unpaired) electrons. The Morgan fingerprint density at radius 1 is 1.35 bits per heavy atom. The number of aliphatic hydroxyl groups excluding tert-OH is 1. The van der Waals surface area contributed by atoms with Gasteiger partial charge in [0, 0.05) is 13.0 Å². The van der Waals surface area contributed by atoms with E-state index >= 15 is 0 Å². The lowest BCUT2D eigenvalue weighted by molar-refractivity contribution is -0.127. The first-order valence-corrected chi connectivity index (χ1v) is 7.37. The molecule has 1 N–H and O–H groups in total. The van der Waals surface area contributed by atoms with Gasteiger partial charge < -0.3 is 10.0 Å². The molecule has 4 nitrogen and oxygen atoms in total. The van der Waals surface area contributed by atoms with Gasteiger partial charge in [-0.2, -0.15) is 0 Å². The molecule has 1 atom stereocenters. The van der Waals surface area contributed by atoms with Crippen molar-refractivity contribution in [2.24, 2.45) is 5.92 Å². The van der Waals surface area contributed by atoms with Crippen LogP contribution in [0, 0.1) is 5.92 Å². The zero-order valence-electron chi connectivity index (χ0n) is 12.9. The molecule has 0 bridgehead atoms. The maximum Gasteiger partial charge on any atom is 0.265 e. The van der Waals surface area contributed by atoms with Crippen molar-refractivity contribution in [3.05, 3.63) is 23.1 Å². The average Bonchev–Trinajstić information content (AvgIpc) is 2.64. The third kappa shape index (κ3) is 3.30. The summed E-state index contributed by atoms with van der Waals surface area (Å²) in [5, 5.41) is 10.0. The van der Waals surface area contributed by atoms with Gasteiger partial charge in [-0.15, -0.1) is 0 Å². The molecule has 1 amide bonds. The van der Waals surface area contributed by atoms with E-state index in [1.54, 1.807) is 20.0 Å². The number of ketones is 1. The van der Waals surface area contributed by atoms with Crippen LogP contribution in [0.5, 0.6) is 0 Å². The number of rotatable bonds is 7. The highest BCUT2D eigenvalue weighted by Gasteiger charge is 2.37. The summed E-state index contributed by atoms with van der Waals surface area (Å²) in [6.45, 7) is 5.70. The highest BCUT2D eigenvalue weighted by molar-refractivity contribution is 6.23. The van der Waals surface area contributed by atoms with Crippen LogP contribution in [0.25, 0.3) is 0 Å². The molecule has 0 saturated carbocycles. The molecule has 0 saturated heterocycles. The number of likely N-dealkylation sites (N-methyl/N-ethyl adjacent to an activating group) is 1. The van der Waals surface area contributed by atoms with E-state index in [0.717, 1.165) is 25.7 Å². The monoisotopic (exact) mass is 279 g/mol. The molecule has 0 aliphatic carbocycles. The highest BCUT2D eigenvalue weighted by atomic mass is 16.3. The summed E-state index contributed by atoms with van der Waals surface area (Å²) in [7, 11) is 1.57. The minimum absolute atomic E-state index is 0.0522. The topological polar surface area (TPSA) is 57.6 Å². The minimum atomic E-state index is -0.402. The molecular formula is C16H25NO3. The second kappa shape index (κ2) is 7.27. The van der Waals surface area contributed by atoms with Gasteiger partial charge in [0.2, 0.25) is 0 Å². The number of carbonyl (C=O) groups excluding carboxylic acids is 2. The van der Waals surface area contributed by atoms with Crippen LogP contribution in [0.15, 0.2) is 23.1 Å². The van der Waals surface area contributed by atoms with E-state index in [4.69, 9.17) is 0 Å². The fourth-order valence-corrected chi connectivity index (χ4v) is 2.47. The fraction of sp³-hybridized carbons (Fsp3) is 0.625. The van der Waals surface area contributed by atoms with Crippen molar-refractivity contribution < 1.29 is 14.7 Å². The van der Waals surface area contributed by atoms with Gasteiger partial charge in [-0.25, -0.2) is 0 Å². The fourth-order valence-electron chi connectivity index (χ4n) is 2.47. The van der Waals surface area contributed by atoms with Crippen LogP contribution in [-0.4, -0.2) is 28.7 Å². The van der Waals surface area contributed by atoms with Gasteiger partial charge in [0.15, 0.2) is 11.5 Å². The van der Waals surface area contributed by atoms with Crippen molar-refractivity contribution in [2.45, 2.75) is 52.9 Å². The predicted molar refractivity (Wildman–Crippen MR) is 79.1 cm³/mol. The predicted octanol–water partition coefficient (Wildman–Crippen LogP) is 3.35. The first-order valence-electron chi connectivity index (χ1n) is 7.37. The molecule has 0 aromatic carbocycles. The first-order chi connectivity index (χ1) is 9.45. The summed E-state index contributed by atoms with van der Waals surface area (Å²) < 4.78 is 0. The molecule has 112 valence electrons. The third-order valence-electron chi connectivity index (χ3n) is 3.82. The van der Waals surface area contributed by atoms with Gasteiger partial charge in [0.1, 0.15) is 5.57 Å². The Hall–Kier alpha value is -1.58. The lowest BCUT2D eigenvalue weighted by Gasteiger charge is -2.12. The van der Waals surface area contributed by atoms with Crippen LogP contribution in [0.3, 0.4) is 0 Å². The zero-order chi connectivity index (χ0) is 15.3. The summed E-state index contributed by atoms with van der Waals surface area (Å²) in [5.74, 6) is -1.04. The van der Waals surface area contributed by atoms with E-state index in [-0.39, 0.29) is 23.0 Å². The Balaban J connectivity index is 2.76. The standard InChI is InChI=1S/C16H25NO3/c1-5-7-8-9-10-11(3)14(18)13-15(19)12(6-2)17(4)16(13)20/h6,11,19H,5,7-10H2,1-4H3. The molecule has 1 heterocycles. The van der Waals surface area contributed by atoms with Gasteiger partial charge >= 0.3 is 0 Å². The number of allylic oxidation sites excluding steroid dienone is 1. The number of aliphatic hydroxyl groups is 1. The Labute approximate surface area is 121 Å². The number of amides is 1. The van der Waals surface area contributed by atoms with Crippen LogP contribution in [0.4, 0.5) is 0 Å². The van der Waals surface area contributed by atoms with Gasteiger partial charge in [-0.3, -0.25) is 9.59 Å². The van der Waals surface area contributed by atoms with Crippen molar-refractivity contribution in [3.63, 3.8) is 0 Å². The molecule has 0 aromatic rings. The maximum absolute atomic E-state index is 12.3. The van der Waals surface area contributed by atoms with Crippen molar-refractivity contribution in [1.82, 2.24) is 4.90 Å². The second-order valence-electron chi connectivity index (χ2n) is 5.38. The first kappa shape index (κ1) is 16.5. The quantitative estimate of drug-likeness (QED) is 0.574. The number of hydrogen-bond acceptors (Lipinski definition) is 3. The molecule has 0 spiro atoms. The van der Waals surface area contributed by atoms with Gasteiger partial charge in [0.05, 0.1) is 5.70 Å². The molecule has 1 rings (SSSR count). The van der Waals surface area contributed by atoms with Gasteiger partial charge in [0.25, 0.3) is 5.91 Å². The summed E-state index contributed by atoms with van der Waals surface area (Å²) in [4.78, 5) is 25.7. The average molecular weight is 279 g/mol. The Kier molecular flexibility index (Phi) is 5.99. The van der Waals surface area contributed by atoms with Crippen molar-refractivity contribution in [3.8, 4) is 0 Å². The van der Waals surface area contributed by atoms with Crippen molar-refractivity contribution in [1.29, 1.82) is 0 Å². The van der Waals surface area contributed by atoms with E-state index in [1.165, 1.54) is 11.3 Å². The van der Waals surface area contributed by atoms with Crippen LogP contribution >= 0.6 is 0 Å². The number of hydrogen-bond donors (Lipinski definition) is 1. The molecule has 0 fully saturated rings. The number of carbonyl (C=O) groups is 2. The lowest BCUT2D eigenvalue weighted by atomic mass is 9.93. The van der Waals surface area contributed by atoms with Crippen LogP contribution in [-0.2, 0) is 9.59 Å². The lowest BCUT2D eigenvalue weighted by Crippen LogP contribution is -2.25. The van der Waals surface area contributed by atoms with E-state index < -0.39 is 5.91 Å². The number of unbranched alkanes of at least 4 members (excludes halogenated alkanes) is 3. The normalized spacial score (nSPS) is 19.1. The maximum atomic E-state index is 12.3. The van der Waals surface area contributed by atoms with Crippen LogP contribution in [0.2, 0.25) is 0 Å². The van der Waals surface area contributed by atoms with Crippen LogP contribution < -0.4 is 0 Å². The third-order valence-corrected chi connectivity index (χ3v) is 3.82. The Morgan fingerprint density at radius 2 is 2.00 bits per heavy atom. The molecular weight excluding hydrogens is 254 g/mol. The summed E-state index contributed by atoms with van der Waals surface area (Å²) in [5.41, 5.74) is 0.361. The zero-order valence-corrected chi connectivity index (χ0v) is 12.9. The summed E-state index contributed by atoms with van der Waals surface area (Å²) in [6.07, 6.45) is 6.81. The van der Waals surface area contributed by atoms with Crippen LogP contribution in [0.1, 0.15) is 52.9 Å². The number of nitrogens with zero attached hydrogens (tertiary/aromatic N) is 1. The Bertz CT molecular complexity index is 449. The van der Waals surface area contributed by atoms with Gasteiger partial charge in [-0.1, -0.05) is 45.6 Å². The summed E-state index contributed by atoms with van der Waals surface area (Å²) in [6, 6.07) is 0. The number of Topliss-reactive ketones (excluding diaryl/α,β-unsaturated/α-hetero) is 1. The second-order valence-corrected chi connectivity index (χ2v) is 5.38. The molecule has 0 aromatic heterocycles. The van der Waals surface area contributed by atoms with E-state index in [2.05, 4.69) is 6.92 Å². The molecule has 4 heteroatoms. The summed E-state index contributed by atoms with van der Waals surface area (Å²) >= 11 is 0. The van der Waals surface area contributed by atoms with E-state index in [9.17, 15) is 14.7 Å².